The molecule has 84 valence electrons. The highest BCUT2D eigenvalue weighted by atomic mass is 16.5. The van der Waals surface area contributed by atoms with Crippen LogP contribution in [0, 0.1) is 12.3 Å². The minimum atomic E-state index is -1.03. The van der Waals surface area contributed by atoms with Gasteiger partial charge >= 0.3 is 5.97 Å². The molecule has 1 aromatic carbocycles. The van der Waals surface area contributed by atoms with Crippen LogP contribution in [0.3, 0.4) is 0 Å². The quantitative estimate of drug-likeness (QED) is 0.604. The average molecular weight is 220 g/mol. The molecule has 0 amide bonds. The van der Waals surface area contributed by atoms with Gasteiger partial charge in [-0.2, -0.15) is 0 Å². The second-order valence-corrected chi connectivity index (χ2v) is 3.04. The van der Waals surface area contributed by atoms with Crippen molar-refractivity contribution in [3.05, 3.63) is 29.3 Å². The Morgan fingerprint density at radius 2 is 2.31 bits per heavy atom. The molecule has 0 aliphatic heterocycles. The number of ether oxygens (including phenoxy) is 2. The largest absolute Gasteiger partial charge is 0.496 e. The zero-order valence-corrected chi connectivity index (χ0v) is 8.90. The summed E-state index contributed by atoms with van der Waals surface area (Å²) in [6.45, 7) is 0.489. The van der Waals surface area contributed by atoms with E-state index < -0.39 is 5.97 Å². The smallest absolute Gasteiger partial charge is 0.339 e. The van der Waals surface area contributed by atoms with Gasteiger partial charge in [0.2, 0.25) is 0 Å². The summed E-state index contributed by atoms with van der Waals surface area (Å²) in [5.41, 5.74) is 0.859. The molecule has 0 saturated carbocycles. The van der Waals surface area contributed by atoms with E-state index in [9.17, 15) is 4.79 Å². The number of terminal acetylenes is 1. The SMILES string of the molecule is C#CCOCc1ccc(OC)c(C(=O)O)c1. The number of carboxylic acid groups (broad SMARTS) is 1. The molecule has 0 aliphatic rings. The first-order valence-electron chi connectivity index (χ1n) is 4.60. The van der Waals surface area contributed by atoms with Crippen LogP contribution in [0.5, 0.6) is 5.75 Å². The number of hydrogen-bond acceptors (Lipinski definition) is 3. The van der Waals surface area contributed by atoms with Gasteiger partial charge in [-0.3, -0.25) is 0 Å². The predicted molar refractivity (Wildman–Crippen MR) is 58.4 cm³/mol. The van der Waals surface area contributed by atoms with Crippen molar-refractivity contribution >= 4 is 5.97 Å². The van der Waals surface area contributed by atoms with Gasteiger partial charge in [0, 0.05) is 0 Å². The summed E-state index contributed by atoms with van der Waals surface area (Å²) >= 11 is 0. The van der Waals surface area contributed by atoms with E-state index in [0.29, 0.717) is 5.75 Å². The fourth-order valence-electron chi connectivity index (χ4n) is 1.24. The summed E-state index contributed by atoms with van der Waals surface area (Å²) in [7, 11) is 1.43. The molecule has 0 bridgehead atoms. The van der Waals surface area contributed by atoms with Crippen LogP contribution in [-0.4, -0.2) is 24.8 Å². The maximum Gasteiger partial charge on any atom is 0.339 e. The van der Waals surface area contributed by atoms with E-state index in [1.54, 1.807) is 12.1 Å². The van der Waals surface area contributed by atoms with Gasteiger partial charge in [0.1, 0.15) is 17.9 Å². The number of carboxylic acids is 1. The van der Waals surface area contributed by atoms with Crippen LogP contribution < -0.4 is 4.74 Å². The Kier molecular flexibility index (Phi) is 4.37. The van der Waals surface area contributed by atoms with Crippen LogP contribution in [0.25, 0.3) is 0 Å². The van der Waals surface area contributed by atoms with Gasteiger partial charge in [-0.05, 0) is 17.7 Å². The Labute approximate surface area is 93.8 Å². The molecule has 0 fully saturated rings. The Hall–Kier alpha value is -1.99. The molecule has 0 spiro atoms. The van der Waals surface area contributed by atoms with Crippen molar-refractivity contribution in [2.24, 2.45) is 0 Å². The molecular weight excluding hydrogens is 208 g/mol. The number of methoxy groups -OCH3 is 1. The molecule has 0 saturated heterocycles. The van der Waals surface area contributed by atoms with E-state index >= 15 is 0 Å². The van der Waals surface area contributed by atoms with Gasteiger partial charge in [0.05, 0.1) is 13.7 Å². The summed E-state index contributed by atoms with van der Waals surface area (Å²) in [5.74, 6) is 1.63. The summed E-state index contributed by atoms with van der Waals surface area (Å²) in [4.78, 5) is 10.9. The molecule has 16 heavy (non-hydrogen) atoms. The maximum atomic E-state index is 10.9. The van der Waals surface area contributed by atoms with Crippen LogP contribution in [0.2, 0.25) is 0 Å². The number of aromatic carboxylic acids is 1. The van der Waals surface area contributed by atoms with E-state index in [4.69, 9.17) is 21.0 Å². The molecule has 1 N–H and O–H groups in total. The van der Waals surface area contributed by atoms with Crippen molar-refractivity contribution in [2.45, 2.75) is 6.61 Å². The van der Waals surface area contributed by atoms with Crippen LogP contribution in [0.1, 0.15) is 15.9 Å². The zero-order chi connectivity index (χ0) is 12.0. The van der Waals surface area contributed by atoms with Crippen molar-refractivity contribution < 1.29 is 19.4 Å². The average Bonchev–Trinajstić information content (AvgIpc) is 2.29. The molecule has 0 unspecified atom stereocenters. The molecule has 1 aromatic rings. The topological polar surface area (TPSA) is 55.8 Å². The molecule has 1 rings (SSSR count). The van der Waals surface area contributed by atoms with E-state index in [2.05, 4.69) is 5.92 Å². The van der Waals surface area contributed by atoms with Gasteiger partial charge in [0.15, 0.2) is 0 Å². The zero-order valence-electron chi connectivity index (χ0n) is 8.90. The highest BCUT2D eigenvalue weighted by molar-refractivity contribution is 5.91. The second-order valence-electron chi connectivity index (χ2n) is 3.04. The summed E-state index contributed by atoms with van der Waals surface area (Å²) in [5, 5.41) is 8.94. The van der Waals surface area contributed by atoms with E-state index in [0.717, 1.165) is 5.56 Å². The van der Waals surface area contributed by atoms with Crippen LogP contribution in [-0.2, 0) is 11.3 Å². The lowest BCUT2D eigenvalue weighted by Crippen LogP contribution is -2.02. The van der Waals surface area contributed by atoms with Crippen LogP contribution >= 0.6 is 0 Å². The number of hydrogen-bond donors (Lipinski definition) is 1. The van der Waals surface area contributed by atoms with Gasteiger partial charge in [-0.15, -0.1) is 6.42 Å². The lowest BCUT2D eigenvalue weighted by atomic mass is 10.1. The fourth-order valence-corrected chi connectivity index (χ4v) is 1.24. The van der Waals surface area contributed by atoms with Crippen LogP contribution in [0.4, 0.5) is 0 Å². The van der Waals surface area contributed by atoms with E-state index in [-0.39, 0.29) is 18.8 Å². The van der Waals surface area contributed by atoms with Crippen molar-refractivity contribution in [1.29, 1.82) is 0 Å². The van der Waals surface area contributed by atoms with Crippen molar-refractivity contribution in [3.8, 4) is 18.1 Å². The monoisotopic (exact) mass is 220 g/mol. The van der Waals surface area contributed by atoms with Crippen molar-refractivity contribution in [3.63, 3.8) is 0 Å². The molecule has 0 heterocycles. The van der Waals surface area contributed by atoms with E-state index in [1.807, 2.05) is 0 Å². The Morgan fingerprint density at radius 3 is 2.88 bits per heavy atom. The van der Waals surface area contributed by atoms with Gasteiger partial charge in [-0.25, -0.2) is 4.79 Å². The second kappa shape index (κ2) is 5.79. The lowest BCUT2D eigenvalue weighted by molar-refractivity contribution is 0.0693. The summed E-state index contributed by atoms with van der Waals surface area (Å²) in [6.07, 6.45) is 5.03. The Balaban J connectivity index is 2.86. The molecule has 4 heteroatoms. The third kappa shape index (κ3) is 3.01. The number of benzene rings is 1. The van der Waals surface area contributed by atoms with Crippen molar-refractivity contribution in [2.75, 3.05) is 13.7 Å². The number of rotatable bonds is 5. The third-order valence-corrected chi connectivity index (χ3v) is 1.95. The summed E-state index contributed by atoms with van der Waals surface area (Å²) in [6, 6.07) is 4.84. The van der Waals surface area contributed by atoms with Gasteiger partial charge < -0.3 is 14.6 Å². The minimum Gasteiger partial charge on any atom is -0.496 e. The molecular formula is C12H12O4. The third-order valence-electron chi connectivity index (χ3n) is 1.95. The molecule has 0 radical (unpaired) electrons. The highest BCUT2D eigenvalue weighted by Crippen LogP contribution is 2.20. The molecule has 4 nitrogen and oxygen atoms in total. The predicted octanol–water partition coefficient (Wildman–Crippen LogP) is 1.54. The minimum absolute atomic E-state index is 0.115. The highest BCUT2D eigenvalue weighted by Gasteiger charge is 2.11. The first-order chi connectivity index (χ1) is 7.69. The lowest BCUT2D eigenvalue weighted by Gasteiger charge is -2.07. The molecule has 0 aromatic heterocycles. The normalized spacial score (nSPS) is 9.50. The Bertz CT molecular complexity index is 418. The first kappa shape index (κ1) is 12.1. The van der Waals surface area contributed by atoms with Crippen LogP contribution in [0.15, 0.2) is 18.2 Å². The maximum absolute atomic E-state index is 10.9. The first-order valence-corrected chi connectivity index (χ1v) is 4.60. The van der Waals surface area contributed by atoms with Gasteiger partial charge in [-0.1, -0.05) is 12.0 Å². The number of carbonyl (C=O) groups is 1. The van der Waals surface area contributed by atoms with E-state index in [1.165, 1.54) is 13.2 Å². The van der Waals surface area contributed by atoms with Crippen molar-refractivity contribution in [1.82, 2.24) is 0 Å². The molecule has 0 atom stereocenters. The standard InChI is InChI=1S/C12H12O4/c1-3-6-16-8-9-4-5-11(15-2)10(7-9)12(13)14/h1,4-5,7H,6,8H2,2H3,(H,13,14). The van der Waals surface area contributed by atoms with Gasteiger partial charge in [0.25, 0.3) is 0 Å². The molecule has 0 aliphatic carbocycles. The summed E-state index contributed by atoms with van der Waals surface area (Å²) < 4.78 is 10.0. The fraction of sp³-hybridized carbons (Fsp3) is 0.250. The Morgan fingerprint density at radius 1 is 1.56 bits per heavy atom.